The van der Waals surface area contributed by atoms with Gasteiger partial charge in [0.15, 0.2) is 0 Å². The van der Waals surface area contributed by atoms with Crippen LogP contribution in [0.25, 0.3) is 5.57 Å². The Bertz CT molecular complexity index is 670. The van der Waals surface area contributed by atoms with Crippen molar-refractivity contribution in [3.63, 3.8) is 0 Å². The van der Waals surface area contributed by atoms with Crippen molar-refractivity contribution in [1.82, 2.24) is 0 Å². The number of methoxy groups -OCH3 is 2. The molecule has 6 heteroatoms. The van der Waals surface area contributed by atoms with Gasteiger partial charge in [0.1, 0.15) is 16.9 Å². The highest BCUT2D eigenvalue weighted by Crippen LogP contribution is 2.28. The highest BCUT2D eigenvalue weighted by Gasteiger charge is 2.18. The maximum atomic E-state index is 11.9. The molecule has 0 atom stereocenters. The molecule has 0 saturated heterocycles. The number of phenolic OH excluding ortho intramolecular Hbond substituents is 1. The lowest BCUT2D eigenvalue weighted by atomic mass is 9.99. The van der Waals surface area contributed by atoms with Gasteiger partial charge in [-0.3, -0.25) is 4.79 Å². The number of ether oxygens (including phenoxy) is 3. The van der Waals surface area contributed by atoms with E-state index in [0.717, 1.165) is 31.2 Å². The first-order valence-electron chi connectivity index (χ1n) is 9.03. The SMILES string of the molecule is CO/C=C(/C(=O)OC)c1cc(CCCCCC(=O)OC(C)(C)C)ccc1O. The molecule has 1 N–H and O–H groups in total. The molecule has 0 amide bonds. The summed E-state index contributed by atoms with van der Waals surface area (Å²) in [7, 11) is 2.70. The zero-order valence-corrected chi connectivity index (χ0v) is 16.8. The first kappa shape index (κ1) is 22.5. The van der Waals surface area contributed by atoms with Crippen LogP contribution < -0.4 is 0 Å². The van der Waals surface area contributed by atoms with Crippen LogP contribution >= 0.6 is 0 Å². The van der Waals surface area contributed by atoms with Crippen LogP contribution in [0.3, 0.4) is 0 Å². The van der Waals surface area contributed by atoms with E-state index in [2.05, 4.69) is 0 Å². The monoisotopic (exact) mass is 378 g/mol. The lowest BCUT2D eigenvalue weighted by Gasteiger charge is -2.19. The number of hydrogen-bond acceptors (Lipinski definition) is 6. The average molecular weight is 378 g/mol. The third-order valence-corrected chi connectivity index (χ3v) is 3.76. The van der Waals surface area contributed by atoms with E-state index < -0.39 is 11.6 Å². The predicted octanol–water partition coefficient (Wildman–Crippen LogP) is 4.00. The maximum absolute atomic E-state index is 11.9. The third kappa shape index (κ3) is 8.15. The Hall–Kier alpha value is -2.50. The highest BCUT2D eigenvalue weighted by atomic mass is 16.6. The van der Waals surface area contributed by atoms with Crippen LogP contribution in [0.5, 0.6) is 5.75 Å². The minimum absolute atomic E-state index is 0.0163. The smallest absolute Gasteiger partial charge is 0.341 e. The molecule has 0 radical (unpaired) electrons. The molecule has 27 heavy (non-hydrogen) atoms. The Morgan fingerprint density at radius 2 is 1.81 bits per heavy atom. The fourth-order valence-electron chi connectivity index (χ4n) is 2.57. The molecule has 0 heterocycles. The Labute approximate surface area is 161 Å². The van der Waals surface area contributed by atoms with Gasteiger partial charge in [0, 0.05) is 12.0 Å². The summed E-state index contributed by atoms with van der Waals surface area (Å²) in [6.07, 6.45) is 4.95. The summed E-state index contributed by atoms with van der Waals surface area (Å²) in [6.45, 7) is 5.57. The normalized spacial score (nSPS) is 11.8. The number of unbranched alkanes of at least 4 members (excludes halogenated alkanes) is 2. The fourth-order valence-corrected chi connectivity index (χ4v) is 2.57. The number of esters is 2. The van der Waals surface area contributed by atoms with Crippen LogP contribution in [-0.4, -0.2) is 36.9 Å². The molecule has 0 aliphatic carbocycles. The maximum Gasteiger partial charge on any atom is 0.341 e. The van der Waals surface area contributed by atoms with Gasteiger partial charge in [0.2, 0.25) is 0 Å². The van der Waals surface area contributed by atoms with E-state index >= 15 is 0 Å². The van der Waals surface area contributed by atoms with Crippen molar-refractivity contribution in [3.05, 3.63) is 35.6 Å². The standard InChI is InChI=1S/C21H30O6/c1-21(2,3)27-19(23)10-8-6-7-9-15-11-12-18(22)16(13-15)17(14-25-4)20(24)26-5/h11-14,22H,6-10H2,1-5H3/b17-14+. The van der Waals surface area contributed by atoms with Crippen molar-refractivity contribution in [2.24, 2.45) is 0 Å². The van der Waals surface area contributed by atoms with Crippen molar-refractivity contribution in [1.29, 1.82) is 0 Å². The van der Waals surface area contributed by atoms with Crippen LogP contribution in [0.15, 0.2) is 24.5 Å². The van der Waals surface area contributed by atoms with Gasteiger partial charge in [-0.2, -0.15) is 0 Å². The van der Waals surface area contributed by atoms with Crippen molar-refractivity contribution < 1.29 is 28.9 Å². The summed E-state index contributed by atoms with van der Waals surface area (Å²) < 4.78 is 15.0. The fraction of sp³-hybridized carbons (Fsp3) is 0.524. The molecule has 0 aliphatic rings. The number of phenols is 1. The minimum atomic E-state index is -0.582. The Morgan fingerprint density at radius 1 is 1.11 bits per heavy atom. The van der Waals surface area contributed by atoms with E-state index in [9.17, 15) is 14.7 Å². The number of carbonyl (C=O) groups is 2. The first-order chi connectivity index (χ1) is 12.7. The Morgan fingerprint density at radius 3 is 2.41 bits per heavy atom. The molecule has 1 aromatic rings. The topological polar surface area (TPSA) is 82.1 Å². The van der Waals surface area contributed by atoms with Crippen LogP contribution in [0.2, 0.25) is 0 Å². The molecule has 0 unspecified atom stereocenters. The molecule has 0 spiro atoms. The Kier molecular flexibility index (Phi) is 8.85. The van der Waals surface area contributed by atoms with E-state index in [-0.39, 0.29) is 17.3 Å². The number of carbonyl (C=O) groups excluding carboxylic acids is 2. The largest absolute Gasteiger partial charge is 0.507 e. The quantitative estimate of drug-likeness (QED) is 0.303. The number of rotatable bonds is 9. The molecular formula is C21H30O6. The van der Waals surface area contributed by atoms with Crippen LogP contribution in [-0.2, 0) is 30.2 Å². The molecule has 6 nitrogen and oxygen atoms in total. The van der Waals surface area contributed by atoms with Crippen molar-refractivity contribution in [3.8, 4) is 5.75 Å². The van der Waals surface area contributed by atoms with Crippen molar-refractivity contribution in [2.75, 3.05) is 14.2 Å². The molecule has 1 aromatic carbocycles. The lowest BCUT2D eigenvalue weighted by Crippen LogP contribution is -2.23. The lowest BCUT2D eigenvalue weighted by molar-refractivity contribution is -0.154. The molecule has 150 valence electrons. The van der Waals surface area contributed by atoms with Gasteiger partial charge in [-0.1, -0.05) is 12.5 Å². The van der Waals surface area contributed by atoms with Crippen LogP contribution in [0.1, 0.15) is 57.6 Å². The third-order valence-electron chi connectivity index (χ3n) is 3.76. The molecule has 0 bridgehead atoms. The number of hydrogen-bond donors (Lipinski definition) is 1. The van der Waals surface area contributed by atoms with Gasteiger partial charge in [-0.25, -0.2) is 4.79 Å². The molecule has 0 fully saturated rings. The van der Waals surface area contributed by atoms with Crippen molar-refractivity contribution >= 4 is 17.5 Å². The summed E-state index contributed by atoms with van der Waals surface area (Å²) in [4.78, 5) is 23.6. The molecule has 0 aliphatic heterocycles. The summed E-state index contributed by atoms with van der Waals surface area (Å²) in [5.74, 6) is -0.777. The zero-order valence-electron chi connectivity index (χ0n) is 16.8. The molecule has 1 rings (SSSR count). The first-order valence-corrected chi connectivity index (χ1v) is 9.03. The van der Waals surface area contributed by atoms with Gasteiger partial charge in [-0.05, 0) is 57.7 Å². The highest BCUT2D eigenvalue weighted by molar-refractivity contribution is 6.17. The zero-order chi connectivity index (χ0) is 20.4. The van der Waals surface area contributed by atoms with Gasteiger partial charge >= 0.3 is 11.9 Å². The van der Waals surface area contributed by atoms with E-state index in [1.165, 1.54) is 20.5 Å². The molecule has 0 saturated carbocycles. The van der Waals surface area contributed by atoms with E-state index in [4.69, 9.17) is 14.2 Å². The summed E-state index contributed by atoms with van der Waals surface area (Å²) >= 11 is 0. The van der Waals surface area contributed by atoms with Gasteiger partial charge in [0.25, 0.3) is 0 Å². The number of aryl methyl sites for hydroxylation is 1. The van der Waals surface area contributed by atoms with Gasteiger partial charge in [0.05, 0.1) is 20.5 Å². The van der Waals surface area contributed by atoms with Crippen LogP contribution in [0.4, 0.5) is 0 Å². The van der Waals surface area contributed by atoms with Crippen LogP contribution in [0, 0.1) is 0 Å². The van der Waals surface area contributed by atoms with E-state index in [0.29, 0.717) is 12.0 Å². The predicted molar refractivity (Wildman–Crippen MR) is 103 cm³/mol. The summed E-state index contributed by atoms with van der Waals surface area (Å²) in [5, 5.41) is 10.1. The van der Waals surface area contributed by atoms with E-state index in [1.807, 2.05) is 26.8 Å². The number of benzene rings is 1. The number of aromatic hydroxyl groups is 1. The average Bonchev–Trinajstić information content (AvgIpc) is 2.58. The van der Waals surface area contributed by atoms with Gasteiger partial charge in [-0.15, -0.1) is 0 Å². The minimum Gasteiger partial charge on any atom is -0.507 e. The second-order valence-electron chi connectivity index (χ2n) is 7.26. The molecule has 0 aromatic heterocycles. The second-order valence-corrected chi connectivity index (χ2v) is 7.26. The van der Waals surface area contributed by atoms with Gasteiger partial charge < -0.3 is 19.3 Å². The van der Waals surface area contributed by atoms with E-state index in [1.54, 1.807) is 12.1 Å². The Balaban J connectivity index is 2.61. The summed E-state index contributed by atoms with van der Waals surface area (Å²) in [5.41, 5.74) is 1.05. The molecular weight excluding hydrogens is 348 g/mol. The second kappa shape index (κ2) is 10.6. The summed E-state index contributed by atoms with van der Waals surface area (Å²) in [6, 6.07) is 5.12. The van der Waals surface area contributed by atoms with Crippen molar-refractivity contribution in [2.45, 2.75) is 58.5 Å².